The molecule has 0 heterocycles. The zero-order valence-electron chi connectivity index (χ0n) is 9.60. The van der Waals surface area contributed by atoms with Crippen LogP contribution in [0.2, 0.25) is 0 Å². The Morgan fingerprint density at radius 1 is 1.29 bits per heavy atom. The van der Waals surface area contributed by atoms with Gasteiger partial charge in [-0.15, -0.1) is 0 Å². The lowest BCUT2D eigenvalue weighted by Gasteiger charge is -2.31. The van der Waals surface area contributed by atoms with E-state index in [1.807, 2.05) is 0 Å². The Morgan fingerprint density at radius 2 is 1.93 bits per heavy atom. The van der Waals surface area contributed by atoms with Crippen molar-refractivity contribution in [2.24, 2.45) is 11.3 Å². The first kappa shape index (κ1) is 10.0. The van der Waals surface area contributed by atoms with Crippen LogP contribution in [0.25, 0.3) is 0 Å². The second-order valence-corrected chi connectivity index (χ2v) is 5.79. The SMILES string of the molecule is C=C1CC(C2CCCC2)=CC(C)(C)C1. The van der Waals surface area contributed by atoms with E-state index in [0.717, 1.165) is 5.92 Å². The van der Waals surface area contributed by atoms with Gasteiger partial charge in [0.2, 0.25) is 0 Å². The third-order valence-electron chi connectivity index (χ3n) is 3.62. The summed E-state index contributed by atoms with van der Waals surface area (Å²) in [6.45, 7) is 8.87. The van der Waals surface area contributed by atoms with Crippen molar-refractivity contribution >= 4 is 0 Å². The molecule has 2 aliphatic carbocycles. The first-order valence-corrected chi connectivity index (χ1v) is 5.95. The predicted octanol–water partition coefficient (Wildman–Crippen LogP) is 4.48. The number of allylic oxidation sites excluding steroid dienone is 3. The average molecular weight is 190 g/mol. The molecule has 14 heavy (non-hydrogen) atoms. The van der Waals surface area contributed by atoms with Gasteiger partial charge in [-0.3, -0.25) is 0 Å². The molecule has 0 aromatic rings. The van der Waals surface area contributed by atoms with E-state index >= 15 is 0 Å². The molecule has 0 atom stereocenters. The van der Waals surface area contributed by atoms with Crippen molar-refractivity contribution in [1.29, 1.82) is 0 Å². The van der Waals surface area contributed by atoms with Crippen LogP contribution in [0.1, 0.15) is 52.4 Å². The summed E-state index contributed by atoms with van der Waals surface area (Å²) >= 11 is 0. The van der Waals surface area contributed by atoms with Crippen LogP contribution in [0, 0.1) is 11.3 Å². The molecule has 0 saturated heterocycles. The van der Waals surface area contributed by atoms with Gasteiger partial charge in [-0.1, -0.05) is 50.5 Å². The maximum Gasteiger partial charge on any atom is -0.0108 e. The second-order valence-electron chi connectivity index (χ2n) is 5.79. The van der Waals surface area contributed by atoms with Crippen molar-refractivity contribution in [3.05, 3.63) is 23.8 Å². The minimum absolute atomic E-state index is 0.368. The van der Waals surface area contributed by atoms with Crippen molar-refractivity contribution in [2.75, 3.05) is 0 Å². The Hall–Kier alpha value is -0.520. The maximum atomic E-state index is 4.19. The van der Waals surface area contributed by atoms with E-state index in [-0.39, 0.29) is 0 Å². The topological polar surface area (TPSA) is 0 Å². The highest BCUT2D eigenvalue weighted by molar-refractivity contribution is 5.25. The second kappa shape index (κ2) is 3.56. The van der Waals surface area contributed by atoms with Crippen LogP contribution in [0.5, 0.6) is 0 Å². The largest absolute Gasteiger partial charge is 0.0995 e. The van der Waals surface area contributed by atoms with Gasteiger partial charge in [-0.25, -0.2) is 0 Å². The fourth-order valence-corrected chi connectivity index (χ4v) is 3.16. The Balaban J connectivity index is 2.17. The Labute approximate surface area is 88.1 Å². The lowest BCUT2D eigenvalue weighted by Crippen LogP contribution is -2.17. The minimum Gasteiger partial charge on any atom is -0.0995 e. The molecule has 2 rings (SSSR count). The summed E-state index contributed by atoms with van der Waals surface area (Å²) in [6, 6.07) is 0. The minimum atomic E-state index is 0.368. The van der Waals surface area contributed by atoms with Crippen LogP contribution < -0.4 is 0 Å². The van der Waals surface area contributed by atoms with Crippen molar-refractivity contribution in [3.63, 3.8) is 0 Å². The van der Waals surface area contributed by atoms with Crippen LogP contribution in [0.15, 0.2) is 23.8 Å². The normalized spacial score (nSPS) is 27.9. The third-order valence-corrected chi connectivity index (χ3v) is 3.62. The van der Waals surface area contributed by atoms with E-state index < -0.39 is 0 Å². The molecule has 0 bridgehead atoms. The molecule has 78 valence electrons. The van der Waals surface area contributed by atoms with Gasteiger partial charge in [0.1, 0.15) is 0 Å². The molecule has 0 spiro atoms. The average Bonchev–Trinajstić information content (AvgIpc) is 2.51. The van der Waals surface area contributed by atoms with Crippen LogP contribution in [0.4, 0.5) is 0 Å². The van der Waals surface area contributed by atoms with Gasteiger partial charge >= 0.3 is 0 Å². The highest BCUT2D eigenvalue weighted by Crippen LogP contribution is 2.42. The summed E-state index contributed by atoms with van der Waals surface area (Å²) in [4.78, 5) is 0. The lowest BCUT2D eigenvalue weighted by molar-refractivity contribution is 0.434. The number of rotatable bonds is 1. The maximum absolute atomic E-state index is 4.19. The summed E-state index contributed by atoms with van der Waals surface area (Å²) in [5.74, 6) is 0.895. The molecule has 0 unspecified atom stereocenters. The monoisotopic (exact) mass is 190 g/mol. The molecule has 0 aromatic heterocycles. The zero-order chi connectivity index (χ0) is 10.2. The highest BCUT2D eigenvalue weighted by atomic mass is 14.3. The Kier molecular flexibility index (Phi) is 2.55. The predicted molar refractivity (Wildman–Crippen MR) is 62.2 cm³/mol. The van der Waals surface area contributed by atoms with E-state index in [4.69, 9.17) is 0 Å². The van der Waals surface area contributed by atoms with E-state index in [1.54, 1.807) is 5.57 Å². The molecule has 1 fully saturated rings. The summed E-state index contributed by atoms with van der Waals surface area (Å²) in [5, 5.41) is 0. The molecule has 0 radical (unpaired) electrons. The van der Waals surface area contributed by atoms with Crippen LogP contribution in [-0.2, 0) is 0 Å². The van der Waals surface area contributed by atoms with Crippen LogP contribution in [-0.4, -0.2) is 0 Å². The molecule has 2 aliphatic rings. The van der Waals surface area contributed by atoms with Gasteiger partial charge in [-0.2, -0.15) is 0 Å². The molecule has 0 nitrogen and oxygen atoms in total. The molecular formula is C14H22. The van der Waals surface area contributed by atoms with Crippen molar-refractivity contribution < 1.29 is 0 Å². The molecule has 0 aromatic carbocycles. The van der Waals surface area contributed by atoms with Crippen LogP contribution >= 0.6 is 0 Å². The zero-order valence-corrected chi connectivity index (χ0v) is 9.60. The molecule has 1 saturated carbocycles. The Bertz CT molecular complexity index is 262. The van der Waals surface area contributed by atoms with Crippen LogP contribution in [0.3, 0.4) is 0 Å². The van der Waals surface area contributed by atoms with Crippen molar-refractivity contribution in [2.45, 2.75) is 52.4 Å². The number of hydrogen-bond acceptors (Lipinski definition) is 0. The first-order valence-electron chi connectivity index (χ1n) is 5.95. The first-order chi connectivity index (χ1) is 6.57. The summed E-state index contributed by atoms with van der Waals surface area (Å²) in [6.07, 6.45) is 10.6. The summed E-state index contributed by atoms with van der Waals surface area (Å²) in [5.41, 5.74) is 3.51. The standard InChI is InChI=1S/C14H22/c1-11-8-13(10-14(2,3)9-11)12-6-4-5-7-12/h10,12H,1,4-9H2,2-3H3. The summed E-state index contributed by atoms with van der Waals surface area (Å²) in [7, 11) is 0. The highest BCUT2D eigenvalue weighted by Gasteiger charge is 2.27. The van der Waals surface area contributed by atoms with E-state index in [9.17, 15) is 0 Å². The van der Waals surface area contributed by atoms with Crippen molar-refractivity contribution in [3.8, 4) is 0 Å². The molecule has 0 N–H and O–H groups in total. The summed E-state index contributed by atoms with van der Waals surface area (Å²) < 4.78 is 0. The van der Waals surface area contributed by atoms with Gasteiger partial charge in [0, 0.05) is 0 Å². The molecular weight excluding hydrogens is 168 g/mol. The quantitative estimate of drug-likeness (QED) is 0.535. The third kappa shape index (κ3) is 2.10. The fourth-order valence-electron chi connectivity index (χ4n) is 3.16. The van der Waals surface area contributed by atoms with Gasteiger partial charge in [-0.05, 0) is 37.0 Å². The fraction of sp³-hybridized carbons (Fsp3) is 0.714. The van der Waals surface area contributed by atoms with Gasteiger partial charge in [0.25, 0.3) is 0 Å². The lowest BCUT2D eigenvalue weighted by atomic mass is 9.74. The van der Waals surface area contributed by atoms with E-state index in [0.29, 0.717) is 5.41 Å². The Morgan fingerprint density at radius 3 is 2.50 bits per heavy atom. The van der Waals surface area contributed by atoms with Gasteiger partial charge in [0.05, 0.1) is 0 Å². The van der Waals surface area contributed by atoms with Gasteiger partial charge in [0.15, 0.2) is 0 Å². The van der Waals surface area contributed by atoms with E-state index in [2.05, 4.69) is 26.5 Å². The van der Waals surface area contributed by atoms with Crippen molar-refractivity contribution in [1.82, 2.24) is 0 Å². The van der Waals surface area contributed by atoms with E-state index in [1.165, 1.54) is 44.1 Å². The smallest absolute Gasteiger partial charge is 0.0108 e. The number of hydrogen-bond donors (Lipinski definition) is 0. The molecule has 0 amide bonds. The van der Waals surface area contributed by atoms with Gasteiger partial charge < -0.3 is 0 Å². The molecule has 0 heteroatoms. The molecule has 0 aliphatic heterocycles.